The Hall–Kier alpha value is -4.55. The van der Waals surface area contributed by atoms with Gasteiger partial charge in [-0.1, -0.05) is 0 Å². The average Bonchev–Trinajstić information content (AvgIpc) is 3.36. The maximum absolute atomic E-state index is 12.8. The second-order valence-corrected chi connectivity index (χ2v) is 8.81. The second kappa shape index (κ2) is 10.8. The molecule has 194 valence electrons. The van der Waals surface area contributed by atoms with Gasteiger partial charge in [-0.05, 0) is 66.8 Å². The molecule has 4 aromatic rings. The Morgan fingerprint density at radius 1 is 1.11 bits per heavy atom. The standard InChI is InChI=1S/C26H23N5O6S/c1-35-19-6-2-16(3-7-19)25-28-20-15-18(5-9-23(20)37-25)27-26(38)29-24(32)17-4-8-21(22(14-17)31(33)34)30-10-12-36-13-11-30/h2-9,14-15H,10-13H2,1H3,(H2,27,29,32,38). The summed E-state index contributed by atoms with van der Waals surface area (Å²) in [5.41, 5.74) is 2.99. The van der Waals surface area contributed by atoms with E-state index in [0.717, 1.165) is 11.3 Å². The first-order valence-electron chi connectivity index (χ1n) is 11.7. The van der Waals surface area contributed by atoms with Gasteiger partial charge in [-0.3, -0.25) is 20.2 Å². The Morgan fingerprint density at radius 3 is 2.58 bits per heavy atom. The third kappa shape index (κ3) is 5.41. The van der Waals surface area contributed by atoms with Crippen molar-refractivity contribution < 1.29 is 23.6 Å². The maximum Gasteiger partial charge on any atom is 0.293 e. The Bertz CT molecular complexity index is 1510. The van der Waals surface area contributed by atoms with E-state index < -0.39 is 10.8 Å². The summed E-state index contributed by atoms with van der Waals surface area (Å²) in [5.74, 6) is 0.621. The summed E-state index contributed by atoms with van der Waals surface area (Å²) in [4.78, 5) is 30.4. The summed E-state index contributed by atoms with van der Waals surface area (Å²) >= 11 is 5.30. The van der Waals surface area contributed by atoms with Gasteiger partial charge in [-0.15, -0.1) is 0 Å². The third-order valence-electron chi connectivity index (χ3n) is 6.00. The smallest absolute Gasteiger partial charge is 0.293 e. The monoisotopic (exact) mass is 533 g/mol. The minimum Gasteiger partial charge on any atom is -0.497 e. The molecule has 1 saturated heterocycles. The zero-order chi connectivity index (χ0) is 26.6. The number of amides is 1. The molecule has 12 heteroatoms. The molecular formula is C26H23N5O6S. The number of carbonyl (C=O) groups excluding carboxylic acids is 1. The van der Waals surface area contributed by atoms with E-state index in [0.29, 0.717) is 54.7 Å². The molecule has 38 heavy (non-hydrogen) atoms. The molecule has 1 aliphatic rings. The van der Waals surface area contributed by atoms with Crippen molar-refractivity contribution in [2.24, 2.45) is 0 Å². The van der Waals surface area contributed by atoms with E-state index in [1.54, 1.807) is 31.4 Å². The fourth-order valence-electron chi connectivity index (χ4n) is 4.08. The van der Waals surface area contributed by atoms with Crippen LogP contribution >= 0.6 is 12.2 Å². The van der Waals surface area contributed by atoms with Gasteiger partial charge in [0.25, 0.3) is 11.6 Å². The lowest BCUT2D eigenvalue weighted by atomic mass is 10.1. The Morgan fingerprint density at radius 2 is 1.87 bits per heavy atom. The van der Waals surface area contributed by atoms with E-state index in [-0.39, 0.29) is 16.4 Å². The van der Waals surface area contributed by atoms with Crippen LogP contribution in [0, 0.1) is 10.1 Å². The SMILES string of the molecule is COc1ccc(-c2nc3cc(NC(=S)NC(=O)c4ccc(N5CCOCC5)c([N+](=O)[O-])c4)ccc3o2)cc1. The second-order valence-electron chi connectivity index (χ2n) is 8.40. The molecule has 0 spiro atoms. The molecule has 3 aromatic carbocycles. The minimum absolute atomic E-state index is 0.0353. The van der Waals surface area contributed by atoms with E-state index in [1.165, 1.54) is 12.1 Å². The number of nitro benzene ring substituents is 1. The normalized spacial score (nSPS) is 13.2. The van der Waals surface area contributed by atoms with E-state index >= 15 is 0 Å². The first kappa shape index (κ1) is 25.1. The van der Waals surface area contributed by atoms with E-state index in [9.17, 15) is 14.9 Å². The predicted molar refractivity (Wildman–Crippen MR) is 146 cm³/mol. The fourth-order valence-corrected chi connectivity index (χ4v) is 4.29. The van der Waals surface area contributed by atoms with Crippen molar-refractivity contribution in [1.82, 2.24) is 10.3 Å². The molecule has 2 heterocycles. The summed E-state index contributed by atoms with van der Waals surface area (Å²) in [6.07, 6.45) is 0. The van der Waals surface area contributed by atoms with Crippen LogP contribution in [0.1, 0.15) is 10.4 Å². The van der Waals surface area contributed by atoms with Crippen molar-refractivity contribution in [3.8, 4) is 17.2 Å². The van der Waals surface area contributed by atoms with Crippen LogP contribution in [0.15, 0.2) is 65.1 Å². The number of rotatable bonds is 6. The van der Waals surface area contributed by atoms with Crippen molar-refractivity contribution in [1.29, 1.82) is 0 Å². The first-order valence-corrected chi connectivity index (χ1v) is 12.1. The molecule has 5 rings (SSSR count). The number of hydrogen-bond acceptors (Lipinski definition) is 9. The number of oxazole rings is 1. The van der Waals surface area contributed by atoms with Gasteiger partial charge in [0.05, 0.1) is 25.2 Å². The van der Waals surface area contributed by atoms with Crippen LogP contribution in [0.3, 0.4) is 0 Å². The van der Waals surface area contributed by atoms with Crippen LogP contribution in [0.25, 0.3) is 22.6 Å². The number of aromatic nitrogens is 1. The lowest BCUT2D eigenvalue weighted by Gasteiger charge is -2.28. The number of hydrogen-bond donors (Lipinski definition) is 2. The summed E-state index contributed by atoms with van der Waals surface area (Å²) in [7, 11) is 1.60. The Balaban J connectivity index is 1.27. The van der Waals surface area contributed by atoms with Gasteiger partial charge in [-0.2, -0.15) is 0 Å². The van der Waals surface area contributed by atoms with Gasteiger partial charge in [-0.25, -0.2) is 4.98 Å². The highest BCUT2D eigenvalue weighted by atomic mass is 32.1. The van der Waals surface area contributed by atoms with Crippen molar-refractivity contribution in [3.63, 3.8) is 0 Å². The van der Waals surface area contributed by atoms with Gasteiger partial charge in [0.15, 0.2) is 10.7 Å². The van der Waals surface area contributed by atoms with Crippen LogP contribution in [-0.2, 0) is 4.74 Å². The van der Waals surface area contributed by atoms with E-state index in [2.05, 4.69) is 15.6 Å². The van der Waals surface area contributed by atoms with Crippen molar-refractivity contribution in [3.05, 3.63) is 76.3 Å². The van der Waals surface area contributed by atoms with Gasteiger partial charge < -0.3 is 24.1 Å². The van der Waals surface area contributed by atoms with Crippen molar-refractivity contribution >= 4 is 51.4 Å². The summed E-state index contributed by atoms with van der Waals surface area (Å²) in [6, 6.07) is 17.0. The van der Waals surface area contributed by atoms with Crippen LogP contribution in [0.5, 0.6) is 5.75 Å². The molecule has 2 N–H and O–H groups in total. The highest BCUT2D eigenvalue weighted by Crippen LogP contribution is 2.30. The molecule has 0 aliphatic carbocycles. The van der Waals surface area contributed by atoms with Crippen LogP contribution < -0.4 is 20.3 Å². The molecule has 0 unspecified atom stereocenters. The molecular weight excluding hydrogens is 510 g/mol. The van der Waals surface area contributed by atoms with Gasteiger partial charge in [0, 0.05) is 36.0 Å². The quantitative estimate of drug-likeness (QED) is 0.209. The topological polar surface area (TPSA) is 132 Å². The molecule has 0 radical (unpaired) electrons. The highest BCUT2D eigenvalue weighted by Gasteiger charge is 2.23. The van der Waals surface area contributed by atoms with Crippen LogP contribution in [0.4, 0.5) is 17.1 Å². The number of methoxy groups -OCH3 is 1. The number of anilines is 2. The number of benzene rings is 3. The molecule has 1 aliphatic heterocycles. The molecule has 1 aromatic heterocycles. The van der Waals surface area contributed by atoms with Crippen molar-refractivity contribution in [2.75, 3.05) is 43.6 Å². The Kier molecular flexibility index (Phi) is 7.15. The molecule has 11 nitrogen and oxygen atoms in total. The van der Waals surface area contributed by atoms with Crippen LogP contribution in [-0.4, -0.2) is 54.3 Å². The van der Waals surface area contributed by atoms with E-state index in [1.807, 2.05) is 29.2 Å². The van der Waals surface area contributed by atoms with Crippen molar-refractivity contribution in [2.45, 2.75) is 0 Å². The zero-order valence-corrected chi connectivity index (χ0v) is 21.1. The number of nitrogens with one attached hydrogen (secondary N) is 2. The number of thiocarbonyl (C=S) groups is 1. The average molecular weight is 534 g/mol. The minimum atomic E-state index is -0.566. The molecule has 0 atom stereocenters. The van der Waals surface area contributed by atoms with Crippen LogP contribution in [0.2, 0.25) is 0 Å². The Labute approximate surface area is 222 Å². The number of morpholine rings is 1. The highest BCUT2D eigenvalue weighted by molar-refractivity contribution is 7.80. The fraction of sp³-hybridized carbons (Fsp3) is 0.192. The summed E-state index contributed by atoms with van der Waals surface area (Å²) < 4.78 is 16.3. The first-order chi connectivity index (χ1) is 18.4. The molecule has 1 amide bonds. The zero-order valence-electron chi connectivity index (χ0n) is 20.3. The lowest BCUT2D eigenvalue weighted by Crippen LogP contribution is -2.37. The molecule has 0 saturated carbocycles. The number of ether oxygens (including phenoxy) is 2. The summed E-state index contributed by atoms with van der Waals surface area (Å²) in [5, 5.41) is 17.2. The third-order valence-corrected chi connectivity index (χ3v) is 6.20. The lowest BCUT2D eigenvalue weighted by molar-refractivity contribution is -0.384. The van der Waals surface area contributed by atoms with Gasteiger partial charge >= 0.3 is 0 Å². The molecule has 0 bridgehead atoms. The predicted octanol–water partition coefficient (Wildman–Crippen LogP) is 4.38. The van der Waals surface area contributed by atoms with Gasteiger partial charge in [0.1, 0.15) is 17.0 Å². The summed E-state index contributed by atoms with van der Waals surface area (Å²) in [6.45, 7) is 2.06. The number of nitro groups is 1. The van der Waals surface area contributed by atoms with Gasteiger partial charge in [0.2, 0.25) is 5.89 Å². The largest absolute Gasteiger partial charge is 0.497 e. The van der Waals surface area contributed by atoms with E-state index in [4.69, 9.17) is 26.1 Å². The number of carbonyl (C=O) groups is 1. The number of fused-ring (bicyclic) bond motifs is 1. The molecule has 1 fully saturated rings. The maximum atomic E-state index is 12.8. The number of nitrogens with zero attached hydrogens (tertiary/aromatic N) is 3.